The van der Waals surface area contributed by atoms with Crippen molar-refractivity contribution in [1.82, 2.24) is 0 Å². The zero-order valence-electron chi connectivity index (χ0n) is 11.2. The van der Waals surface area contributed by atoms with Crippen LogP contribution >= 0.6 is 0 Å². The van der Waals surface area contributed by atoms with Crippen molar-refractivity contribution in [1.29, 1.82) is 0 Å². The number of benzene rings is 1. The van der Waals surface area contributed by atoms with Crippen LogP contribution < -0.4 is 15.4 Å². The summed E-state index contributed by atoms with van der Waals surface area (Å²) in [5.74, 6) is 0.772. The highest BCUT2D eigenvalue weighted by atomic mass is 16.5. The molecule has 2 rings (SSSR count). The van der Waals surface area contributed by atoms with Crippen LogP contribution in [0.2, 0.25) is 0 Å². The first-order chi connectivity index (χ1) is 8.72. The first kappa shape index (κ1) is 13.0. The maximum absolute atomic E-state index is 5.89. The lowest BCUT2D eigenvalue weighted by Crippen LogP contribution is -2.36. The third-order valence-electron chi connectivity index (χ3n) is 3.44. The summed E-state index contributed by atoms with van der Waals surface area (Å²) in [6, 6.07) is 6.52. The molecule has 1 aromatic carbocycles. The zero-order valence-corrected chi connectivity index (χ0v) is 11.2. The highest BCUT2D eigenvalue weighted by Crippen LogP contribution is 2.29. The van der Waals surface area contributed by atoms with Gasteiger partial charge in [-0.3, -0.25) is 0 Å². The molecule has 1 fully saturated rings. The second-order valence-corrected chi connectivity index (χ2v) is 4.61. The molecular formula is C14H22N2O2. The molecular weight excluding hydrogens is 228 g/mol. The Labute approximate surface area is 109 Å². The molecule has 0 aromatic heterocycles. The number of ether oxygens (including phenoxy) is 2. The second-order valence-electron chi connectivity index (χ2n) is 4.61. The molecule has 0 aliphatic carbocycles. The van der Waals surface area contributed by atoms with E-state index in [1.54, 1.807) is 0 Å². The lowest BCUT2D eigenvalue weighted by atomic mass is 10.1. The third kappa shape index (κ3) is 2.88. The van der Waals surface area contributed by atoms with E-state index in [0.717, 1.165) is 37.5 Å². The molecule has 0 radical (unpaired) electrons. The normalized spacial score (nSPS) is 16.6. The van der Waals surface area contributed by atoms with Crippen LogP contribution in [0.3, 0.4) is 0 Å². The van der Waals surface area contributed by atoms with Crippen molar-refractivity contribution in [3.8, 4) is 5.75 Å². The van der Waals surface area contributed by atoms with Gasteiger partial charge in [-0.1, -0.05) is 0 Å². The van der Waals surface area contributed by atoms with E-state index in [0.29, 0.717) is 18.3 Å². The molecule has 18 heavy (non-hydrogen) atoms. The SMILES string of the molecule is CCOc1cc(N(C)C2CCOCC2)ccc1N. The minimum Gasteiger partial charge on any atom is -0.492 e. The number of nitrogen functional groups attached to an aromatic ring is 1. The highest BCUT2D eigenvalue weighted by molar-refractivity contribution is 5.62. The lowest BCUT2D eigenvalue weighted by molar-refractivity contribution is 0.0855. The highest BCUT2D eigenvalue weighted by Gasteiger charge is 2.19. The maximum Gasteiger partial charge on any atom is 0.144 e. The Balaban J connectivity index is 2.13. The van der Waals surface area contributed by atoms with Gasteiger partial charge >= 0.3 is 0 Å². The van der Waals surface area contributed by atoms with Crippen LogP contribution in [0, 0.1) is 0 Å². The average molecular weight is 250 g/mol. The number of hydrogen-bond donors (Lipinski definition) is 1. The van der Waals surface area contributed by atoms with Gasteiger partial charge in [0.2, 0.25) is 0 Å². The van der Waals surface area contributed by atoms with E-state index in [1.165, 1.54) is 0 Å². The molecule has 0 amide bonds. The fourth-order valence-corrected chi connectivity index (χ4v) is 2.31. The lowest BCUT2D eigenvalue weighted by Gasteiger charge is -2.33. The Morgan fingerprint density at radius 1 is 1.39 bits per heavy atom. The Hall–Kier alpha value is -1.42. The molecule has 0 unspecified atom stereocenters. The molecule has 100 valence electrons. The number of hydrogen-bond acceptors (Lipinski definition) is 4. The summed E-state index contributed by atoms with van der Waals surface area (Å²) in [4.78, 5) is 2.30. The molecule has 1 aromatic rings. The monoisotopic (exact) mass is 250 g/mol. The molecule has 0 atom stereocenters. The molecule has 1 heterocycles. The fourth-order valence-electron chi connectivity index (χ4n) is 2.31. The van der Waals surface area contributed by atoms with Gasteiger partial charge in [-0.05, 0) is 31.9 Å². The topological polar surface area (TPSA) is 47.7 Å². The maximum atomic E-state index is 5.89. The largest absolute Gasteiger partial charge is 0.492 e. The van der Waals surface area contributed by atoms with Gasteiger partial charge in [0.15, 0.2) is 0 Å². The number of nitrogens with two attached hydrogens (primary N) is 1. The molecule has 1 saturated heterocycles. The average Bonchev–Trinajstić information content (AvgIpc) is 2.42. The van der Waals surface area contributed by atoms with Crippen LogP contribution in [0.15, 0.2) is 18.2 Å². The Morgan fingerprint density at radius 2 is 2.11 bits per heavy atom. The smallest absolute Gasteiger partial charge is 0.144 e. The van der Waals surface area contributed by atoms with Crippen LogP contribution in [-0.2, 0) is 4.74 Å². The van der Waals surface area contributed by atoms with Crippen molar-refractivity contribution in [3.05, 3.63) is 18.2 Å². The predicted octanol–water partition coefficient (Wildman–Crippen LogP) is 2.28. The number of rotatable bonds is 4. The van der Waals surface area contributed by atoms with Crippen LogP contribution in [0.1, 0.15) is 19.8 Å². The van der Waals surface area contributed by atoms with E-state index in [-0.39, 0.29) is 0 Å². The van der Waals surface area contributed by atoms with Crippen molar-refractivity contribution in [2.24, 2.45) is 0 Å². The molecule has 1 aliphatic rings. The molecule has 0 spiro atoms. The van der Waals surface area contributed by atoms with Crippen LogP contribution in [0.25, 0.3) is 0 Å². The van der Waals surface area contributed by atoms with Gasteiger partial charge in [0, 0.05) is 38.1 Å². The quantitative estimate of drug-likeness (QED) is 0.833. The first-order valence-electron chi connectivity index (χ1n) is 6.55. The molecule has 2 N–H and O–H groups in total. The molecule has 1 aliphatic heterocycles. The first-order valence-corrected chi connectivity index (χ1v) is 6.55. The number of nitrogens with zero attached hydrogens (tertiary/aromatic N) is 1. The van der Waals surface area contributed by atoms with Gasteiger partial charge in [0.25, 0.3) is 0 Å². The van der Waals surface area contributed by atoms with E-state index in [2.05, 4.69) is 11.9 Å². The summed E-state index contributed by atoms with van der Waals surface area (Å²) in [6.45, 7) is 4.30. The summed E-state index contributed by atoms with van der Waals surface area (Å²) in [7, 11) is 2.12. The van der Waals surface area contributed by atoms with Crippen LogP contribution in [0.4, 0.5) is 11.4 Å². The number of anilines is 2. The van der Waals surface area contributed by atoms with Crippen LogP contribution in [-0.4, -0.2) is 32.9 Å². The van der Waals surface area contributed by atoms with Crippen molar-refractivity contribution in [2.45, 2.75) is 25.8 Å². The minimum absolute atomic E-state index is 0.539. The van der Waals surface area contributed by atoms with E-state index in [9.17, 15) is 0 Å². The zero-order chi connectivity index (χ0) is 13.0. The molecule has 0 saturated carbocycles. The van der Waals surface area contributed by atoms with E-state index in [4.69, 9.17) is 15.2 Å². The molecule has 4 nitrogen and oxygen atoms in total. The third-order valence-corrected chi connectivity index (χ3v) is 3.44. The Kier molecular flexibility index (Phi) is 4.31. The van der Waals surface area contributed by atoms with Crippen molar-refractivity contribution in [3.63, 3.8) is 0 Å². The van der Waals surface area contributed by atoms with E-state index in [1.807, 2.05) is 25.1 Å². The summed E-state index contributed by atoms with van der Waals surface area (Å²) >= 11 is 0. The van der Waals surface area contributed by atoms with Gasteiger partial charge < -0.3 is 20.1 Å². The van der Waals surface area contributed by atoms with Crippen molar-refractivity contribution >= 4 is 11.4 Å². The fraction of sp³-hybridized carbons (Fsp3) is 0.571. The van der Waals surface area contributed by atoms with Gasteiger partial charge in [-0.25, -0.2) is 0 Å². The van der Waals surface area contributed by atoms with Gasteiger partial charge in [-0.15, -0.1) is 0 Å². The summed E-state index contributed by atoms with van der Waals surface area (Å²) < 4.78 is 10.9. The Bertz CT molecular complexity index is 389. The van der Waals surface area contributed by atoms with Gasteiger partial charge in [0.05, 0.1) is 12.3 Å². The summed E-state index contributed by atoms with van der Waals surface area (Å²) in [6.07, 6.45) is 2.15. The van der Waals surface area contributed by atoms with E-state index < -0.39 is 0 Å². The summed E-state index contributed by atoms with van der Waals surface area (Å²) in [5, 5.41) is 0. The Morgan fingerprint density at radius 3 is 2.78 bits per heavy atom. The van der Waals surface area contributed by atoms with Crippen molar-refractivity contribution in [2.75, 3.05) is 37.5 Å². The minimum atomic E-state index is 0.539. The van der Waals surface area contributed by atoms with Crippen LogP contribution in [0.5, 0.6) is 5.75 Å². The van der Waals surface area contributed by atoms with Gasteiger partial charge in [-0.2, -0.15) is 0 Å². The summed E-state index contributed by atoms with van der Waals surface area (Å²) in [5.41, 5.74) is 7.74. The van der Waals surface area contributed by atoms with Gasteiger partial charge in [0.1, 0.15) is 5.75 Å². The predicted molar refractivity (Wildman–Crippen MR) is 74.3 cm³/mol. The standard InChI is InChI=1S/C14H22N2O2/c1-3-18-14-10-12(4-5-13(14)15)16(2)11-6-8-17-9-7-11/h4-5,10-11H,3,6-9,15H2,1-2H3. The second kappa shape index (κ2) is 5.96. The van der Waals surface area contributed by atoms with Crippen molar-refractivity contribution < 1.29 is 9.47 Å². The van der Waals surface area contributed by atoms with E-state index >= 15 is 0 Å². The molecule has 0 bridgehead atoms. The molecule has 4 heteroatoms.